The zero-order valence-electron chi connectivity index (χ0n) is 10.5. The molecule has 0 aromatic carbocycles. The second-order valence-corrected chi connectivity index (χ2v) is 3.94. The van der Waals surface area contributed by atoms with Crippen LogP contribution >= 0.6 is 0 Å². The van der Waals surface area contributed by atoms with Gasteiger partial charge in [0.1, 0.15) is 5.52 Å². The molecule has 0 unspecified atom stereocenters. The highest BCUT2D eigenvalue weighted by Crippen LogP contribution is 2.29. The van der Waals surface area contributed by atoms with Crippen molar-refractivity contribution in [2.75, 3.05) is 18.4 Å². The van der Waals surface area contributed by atoms with Gasteiger partial charge in [-0.1, -0.05) is 0 Å². The average molecular weight is 287 g/mol. The lowest BCUT2D eigenvalue weighted by Crippen LogP contribution is -2.29. The van der Waals surface area contributed by atoms with Gasteiger partial charge in [-0.3, -0.25) is 4.79 Å². The van der Waals surface area contributed by atoms with E-state index in [0.29, 0.717) is 6.54 Å². The molecule has 2 aromatic rings. The third kappa shape index (κ3) is 2.98. The Hall–Kier alpha value is -2.32. The number of halogens is 3. The van der Waals surface area contributed by atoms with E-state index in [1.54, 1.807) is 6.92 Å². The second kappa shape index (κ2) is 5.35. The molecule has 0 atom stereocenters. The molecule has 6 nitrogen and oxygen atoms in total. The van der Waals surface area contributed by atoms with Crippen molar-refractivity contribution in [2.45, 2.75) is 13.1 Å². The minimum atomic E-state index is -4.52. The zero-order valence-corrected chi connectivity index (χ0v) is 10.5. The molecule has 2 rings (SSSR count). The van der Waals surface area contributed by atoms with E-state index >= 15 is 0 Å². The van der Waals surface area contributed by atoms with Crippen LogP contribution in [0.5, 0.6) is 0 Å². The third-order valence-electron chi connectivity index (χ3n) is 2.47. The Bertz CT molecular complexity index is 622. The number of anilines is 1. The van der Waals surface area contributed by atoms with Crippen molar-refractivity contribution in [3.8, 4) is 0 Å². The van der Waals surface area contributed by atoms with Crippen LogP contribution in [-0.4, -0.2) is 33.6 Å². The minimum Gasteiger partial charge on any atom is -0.359 e. The standard InChI is InChI=1S/C11H12F3N5O/c1-2-15-9(20)6-17-10-7-5-8(11(12,13)14)18-19(7)4-3-16-10/h3-5H,2,6H2,1H3,(H,15,20)(H,16,17). The molecule has 0 aliphatic carbocycles. The van der Waals surface area contributed by atoms with E-state index in [2.05, 4.69) is 20.7 Å². The Morgan fingerprint density at radius 2 is 2.20 bits per heavy atom. The van der Waals surface area contributed by atoms with Crippen LogP contribution in [0.25, 0.3) is 5.52 Å². The maximum atomic E-state index is 12.6. The molecule has 20 heavy (non-hydrogen) atoms. The second-order valence-electron chi connectivity index (χ2n) is 3.94. The fraction of sp³-hybridized carbons (Fsp3) is 0.364. The molecule has 2 heterocycles. The summed E-state index contributed by atoms with van der Waals surface area (Å²) in [5.41, 5.74) is -0.851. The van der Waals surface area contributed by atoms with Gasteiger partial charge in [-0.2, -0.15) is 18.3 Å². The summed E-state index contributed by atoms with van der Waals surface area (Å²) >= 11 is 0. The molecule has 2 aromatic heterocycles. The fourth-order valence-electron chi connectivity index (χ4n) is 1.62. The first kappa shape index (κ1) is 14.1. The molecule has 0 spiro atoms. The number of aromatic nitrogens is 3. The van der Waals surface area contributed by atoms with Crippen molar-refractivity contribution in [2.24, 2.45) is 0 Å². The molecule has 0 radical (unpaired) electrons. The summed E-state index contributed by atoms with van der Waals surface area (Å²) in [4.78, 5) is 15.2. The Balaban J connectivity index is 2.25. The Morgan fingerprint density at radius 1 is 1.45 bits per heavy atom. The number of hydrogen-bond donors (Lipinski definition) is 2. The number of likely N-dealkylation sites (N-methyl/N-ethyl adjacent to an activating group) is 1. The van der Waals surface area contributed by atoms with Gasteiger partial charge in [0, 0.05) is 25.0 Å². The largest absolute Gasteiger partial charge is 0.435 e. The predicted molar refractivity (Wildman–Crippen MR) is 65.2 cm³/mol. The van der Waals surface area contributed by atoms with Gasteiger partial charge in [0.25, 0.3) is 0 Å². The first-order chi connectivity index (χ1) is 9.41. The Labute approximate surface area is 112 Å². The first-order valence-corrected chi connectivity index (χ1v) is 5.84. The van der Waals surface area contributed by atoms with Crippen LogP contribution in [0.2, 0.25) is 0 Å². The lowest BCUT2D eigenvalue weighted by atomic mass is 10.3. The molecule has 0 saturated heterocycles. The van der Waals surface area contributed by atoms with Crippen molar-refractivity contribution in [1.82, 2.24) is 19.9 Å². The SMILES string of the molecule is CCNC(=O)CNc1nccn2nc(C(F)(F)F)cc12. The molecular weight excluding hydrogens is 275 g/mol. The monoisotopic (exact) mass is 287 g/mol. The topological polar surface area (TPSA) is 71.3 Å². The van der Waals surface area contributed by atoms with Crippen LogP contribution in [0.3, 0.4) is 0 Å². The summed E-state index contributed by atoms with van der Waals surface area (Å²) in [6.07, 6.45) is -1.91. The number of carbonyl (C=O) groups is 1. The van der Waals surface area contributed by atoms with Gasteiger partial charge in [-0.05, 0) is 6.92 Å². The van der Waals surface area contributed by atoms with Gasteiger partial charge in [-0.25, -0.2) is 9.50 Å². The minimum absolute atomic E-state index is 0.0763. The van der Waals surface area contributed by atoms with Crippen LogP contribution in [0.1, 0.15) is 12.6 Å². The highest BCUT2D eigenvalue weighted by atomic mass is 19.4. The van der Waals surface area contributed by atoms with Gasteiger partial charge in [0.15, 0.2) is 11.5 Å². The van der Waals surface area contributed by atoms with Crippen molar-refractivity contribution in [3.05, 3.63) is 24.2 Å². The normalized spacial score (nSPS) is 11.6. The predicted octanol–water partition coefficient (Wildman–Crippen LogP) is 1.30. The highest BCUT2D eigenvalue weighted by Gasteiger charge is 2.34. The maximum absolute atomic E-state index is 12.6. The summed E-state index contributed by atoms with van der Waals surface area (Å²) in [6.45, 7) is 2.17. The first-order valence-electron chi connectivity index (χ1n) is 5.84. The molecule has 1 amide bonds. The molecule has 0 bridgehead atoms. The van der Waals surface area contributed by atoms with Crippen LogP contribution in [0, 0.1) is 0 Å². The third-order valence-corrected chi connectivity index (χ3v) is 2.47. The number of amides is 1. The van der Waals surface area contributed by atoms with Gasteiger partial charge in [-0.15, -0.1) is 0 Å². The molecule has 2 N–H and O–H groups in total. The van der Waals surface area contributed by atoms with E-state index in [4.69, 9.17) is 0 Å². The number of fused-ring (bicyclic) bond motifs is 1. The Kier molecular flexibility index (Phi) is 3.77. The van der Waals surface area contributed by atoms with Gasteiger partial charge >= 0.3 is 6.18 Å². The fourth-order valence-corrected chi connectivity index (χ4v) is 1.62. The lowest BCUT2D eigenvalue weighted by Gasteiger charge is -2.06. The summed E-state index contributed by atoms with van der Waals surface area (Å²) in [6, 6.07) is 0.882. The van der Waals surface area contributed by atoms with Crippen LogP contribution < -0.4 is 10.6 Å². The molecule has 0 aliphatic heterocycles. The quantitative estimate of drug-likeness (QED) is 0.889. The highest BCUT2D eigenvalue weighted by molar-refractivity contribution is 5.82. The zero-order chi connectivity index (χ0) is 14.8. The van der Waals surface area contributed by atoms with Crippen molar-refractivity contribution in [3.63, 3.8) is 0 Å². The van der Waals surface area contributed by atoms with E-state index in [1.165, 1.54) is 12.4 Å². The summed E-state index contributed by atoms with van der Waals surface area (Å²) in [7, 11) is 0. The number of hydrogen-bond acceptors (Lipinski definition) is 4. The van der Waals surface area contributed by atoms with Crippen LogP contribution in [0.4, 0.5) is 19.0 Å². The van der Waals surface area contributed by atoms with Crippen molar-refractivity contribution >= 4 is 17.2 Å². The van der Waals surface area contributed by atoms with E-state index in [9.17, 15) is 18.0 Å². The number of carbonyl (C=O) groups excluding carboxylic acids is 1. The number of nitrogens with zero attached hydrogens (tertiary/aromatic N) is 3. The maximum Gasteiger partial charge on any atom is 0.435 e. The smallest absolute Gasteiger partial charge is 0.359 e. The van der Waals surface area contributed by atoms with Crippen molar-refractivity contribution in [1.29, 1.82) is 0 Å². The molecule has 0 aliphatic rings. The average Bonchev–Trinajstić information content (AvgIpc) is 2.81. The van der Waals surface area contributed by atoms with E-state index in [1.807, 2.05) is 0 Å². The van der Waals surface area contributed by atoms with E-state index in [0.717, 1.165) is 10.6 Å². The number of alkyl halides is 3. The molecule has 0 fully saturated rings. The van der Waals surface area contributed by atoms with Gasteiger partial charge in [0.2, 0.25) is 5.91 Å². The Morgan fingerprint density at radius 3 is 2.85 bits per heavy atom. The summed E-state index contributed by atoms with van der Waals surface area (Å²) in [5, 5.41) is 8.67. The number of rotatable bonds is 4. The molecule has 9 heteroatoms. The van der Waals surface area contributed by atoms with Gasteiger partial charge in [0.05, 0.1) is 6.54 Å². The van der Waals surface area contributed by atoms with Crippen molar-refractivity contribution < 1.29 is 18.0 Å². The summed E-state index contributed by atoms with van der Waals surface area (Å²) in [5.74, 6) is -0.103. The van der Waals surface area contributed by atoms with E-state index in [-0.39, 0.29) is 23.8 Å². The molecular formula is C11H12F3N5O. The van der Waals surface area contributed by atoms with Gasteiger partial charge < -0.3 is 10.6 Å². The summed E-state index contributed by atoms with van der Waals surface area (Å²) < 4.78 is 38.8. The van der Waals surface area contributed by atoms with Crippen LogP contribution in [-0.2, 0) is 11.0 Å². The lowest BCUT2D eigenvalue weighted by molar-refractivity contribution is -0.141. The van der Waals surface area contributed by atoms with E-state index < -0.39 is 11.9 Å². The van der Waals surface area contributed by atoms with Crippen LogP contribution in [0.15, 0.2) is 18.5 Å². The number of nitrogens with one attached hydrogen (secondary N) is 2. The molecule has 0 saturated carbocycles. The molecule has 108 valence electrons.